The van der Waals surface area contributed by atoms with E-state index in [-0.39, 0.29) is 51.5 Å². The molecule has 15 nitrogen and oxygen atoms in total. The Hall–Kier alpha value is -4.52. The quantitative estimate of drug-likeness (QED) is 0.221. The monoisotopic (exact) mass is 875 g/mol. The van der Waals surface area contributed by atoms with Gasteiger partial charge in [0.15, 0.2) is 0 Å². The van der Waals surface area contributed by atoms with E-state index in [1.54, 1.807) is 24.3 Å². The summed E-state index contributed by atoms with van der Waals surface area (Å²) < 4.78 is 55.1. The number of carbonyl (C=O) groups is 7. The zero-order chi connectivity index (χ0) is 45.5. The number of likely N-dealkylation sites (tertiary alicyclic amines) is 1. The van der Waals surface area contributed by atoms with Gasteiger partial charge in [-0.15, -0.1) is 0 Å². The highest BCUT2D eigenvalue weighted by molar-refractivity contribution is 6.30. The molecule has 7 atom stereocenters. The number of alkyl halides is 4. The van der Waals surface area contributed by atoms with Gasteiger partial charge >= 0.3 is 6.18 Å². The Morgan fingerprint density at radius 1 is 1.10 bits per heavy atom. The van der Waals surface area contributed by atoms with Crippen molar-refractivity contribution in [3.05, 3.63) is 34.9 Å². The van der Waals surface area contributed by atoms with E-state index in [4.69, 9.17) is 11.6 Å². The highest BCUT2D eigenvalue weighted by Gasteiger charge is 2.59. The number of carbonyl (C=O) groups excluding carboxylic acids is 7. The molecule has 1 aromatic carbocycles. The van der Waals surface area contributed by atoms with Gasteiger partial charge in [0.05, 0.1) is 6.54 Å². The molecule has 2 aliphatic heterocycles. The van der Waals surface area contributed by atoms with Crippen LogP contribution in [0.15, 0.2) is 24.3 Å². The van der Waals surface area contributed by atoms with E-state index in [2.05, 4.69) is 21.3 Å². The summed E-state index contributed by atoms with van der Waals surface area (Å²) in [4.78, 5) is 98.7. The van der Waals surface area contributed by atoms with Crippen LogP contribution in [-0.2, 0) is 40.0 Å². The van der Waals surface area contributed by atoms with Crippen LogP contribution in [0, 0.1) is 5.92 Å². The summed E-state index contributed by atoms with van der Waals surface area (Å²) in [5, 5.41) is 21.1. The van der Waals surface area contributed by atoms with Gasteiger partial charge in [-0.25, -0.2) is 4.39 Å². The van der Waals surface area contributed by atoms with Crippen LogP contribution in [0.4, 0.5) is 17.6 Å². The summed E-state index contributed by atoms with van der Waals surface area (Å²) >= 11 is 6.23. The molecule has 0 bridgehead atoms. The molecule has 60 heavy (non-hydrogen) atoms. The fourth-order valence-corrected chi connectivity index (χ4v) is 7.36. The van der Waals surface area contributed by atoms with Gasteiger partial charge in [0.25, 0.3) is 5.91 Å². The second-order valence-electron chi connectivity index (χ2n) is 16.7. The van der Waals surface area contributed by atoms with Crippen molar-refractivity contribution in [1.82, 2.24) is 36.0 Å². The van der Waals surface area contributed by atoms with E-state index in [9.17, 15) is 56.2 Å². The molecule has 7 amide bonds. The molecule has 20 heteroatoms. The number of aliphatic hydroxyl groups is 1. The minimum absolute atomic E-state index is 0.000916. The Kier molecular flexibility index (Phi) is 16.9. The van der Waals surface area contributed by atoms with E-state index in [1.807, 2.05) is 13.8 Å². The Labute approximate surface area is 352 Å². The molecule has 0 aromatic heterocycles. The van der Waals surface area contributed by atoms with Crippen LogP contribution in [0.2, 0.25) is 5.02 Å². The van der Waals surface area contributed by atoms with Gasteiger partial charge in [-0.1, -0.05) is 44.5 Å². The number of hydrogen-bond donors (Lipinski definition) is 5. The van der Waals surface area contributed by atoms with E-state index in [0.717, 1.165) is 4.90 Å². The fourth-order valence-electron chi connectivity index (χ4n) is 7.15. The van der Waals surface area contributed by atoms with Crippen molar-refractivity contribution in [2.24, 2.45) is 5.92 Å². The number of likely N-dealkylation sites (N-methyl/N-ethyl adjacent to an activating group) is 2. The predicted molar refractivity (Wildman–Crippen MR) is 213 cm³/mol. The van der Waals surface area contributed by atoms with Gasteiger partial charge in [0.2, 0.25) is 41.0 Å². The van der Waals surface area contributed by atoms with Crippen LogP contribution in [0.5, 0.6) is 0 Å². The Bertz CT molecular complexity index is 1760. The highest BCUT2D eigenvalue weighted by atomic mass is 35.5. The first-order valence-electron chi connectivity index (χ1n) is 20.0. The van der Waals surface area contributed by atoms with Crippen molar-refractivity contribution in [1.29, 1.82) is 0 Å². The SMILES string of the molecule is CC[C@H](NC(=O)[C@@H]1C[C@@H](F)CN1C(=O)[C@@](C)(O)C(F)(F)F)C(=O)N(C)[C@H]1CCCCNC(=O)C(C)(C)NC(=O)[C@H](Cc2cccc(Cl)c2)N(C)C(=O)[C@H](CC(C)C)NC1=O. The lowest BCUT2D eigenvalue weighted by Gasteiger charge is -2.36. The number of benzene rings is 1. The first kappa shape index (κ1) is 49.8. The number of nitrogens with zero attached hydrogens (tertiary/aromatic N) is 3. The van der Waals surface area contributed by atoms with Crippen molar-refractivity contribution >= 4 is 53.0 Å². The van der Waals surface area contributed by atoms with E-state index < -0.39 is 108 Å². The molecule has 2 heterocycles. The number of rotatable bonds is 10. The summed E-state index contributed by atoms with van der Waals surface area (Å²) in [5.41, 5.74) is -4.71. The number of nitrogens with one attached hydrogen (secondary N) is 4. The van der Waals surface area contributed by atoms with Crippen molar-refractivity contribution in [3.63, 3.8) is 0 Å². The lowest BCUT2D eigenvalue weighted by Crippen LogP contribution is -2.62. The van der Waals surface area contributed by atoms with Crippen LogP contribution < -0.4 is 21.3 Å². The van der Waals surface area contributed by atoms with Crippen molar-refractivity contribution < 1.29 is 56.2 Å². The Morgan fingerprint density at radius 3 is 2.33 bits per heavy atom. The lowest BCUT2D eigenvalue weighted by atomic mass is 9.97. The second-order valence-corrected chi connectivity index (χ2v) is 17.1. The summed E-state index contributed by atoms with van der Waals surface area (Å²) in [7, 11) is 2.70. The molecule has 2 aliphatic rings. The van der Waals surface area contributed by atoms with Crippen LogP contribution in [0.3, 0.4) is 0 Å². The maximum atomic E-state index is 14.5. The molecular formula is C40H58ClF4N7O8. The molecule has 336 valence electrons. The summed E-state index contributed by atoms with van der Waals surface area (Å²) in [5.74, 6) is -6.55. The number of amides is 7. The minimum Gasteiger partial charge on any atom is -0.373 e. The average Bonchev–Trinajstić information content (AvgIpc) is 3.55. The normalized spacial score (nSPS) is 25.1. The maximum absolute atomic E-state index is 14.5. The molecule has 0 unspecified atom stereocenters. The first-order valence-corrected chi connectivity index (χ1v) is 20.3. The average molecular weight is 876 g/mol. The van der Waals surface area contributed by atoms with Gasteiger partial charge in [-0.05, 0) is 76.5 Å². The van der Waals surface area contributed by atoms with Crippen molar-refractivity contribution in [2.75, 3.05) is 27.2 Å². The zero-order valence-corrected chi connectivity index (χ0v) is 36.0. The lowest BCUT2D eigenvalue weighted by molar-refractivity contribution is -0.250. The standard InChI is InChI=1S/C40H58ClF4N7O8/c1-9-26(47-32(54)30-20-25(42)21-52(30)37(59)39(6,60)40(43,44)45)34(56)50(7)28-15-10-11-16-46-36(58)38(4,5)49-33(55)29(19-23-13-12-14-24(41)18-23)51(8)35(57)27(17-22(2)3)48-31(28)53/h12-14,18,22,25-30,60H,9-11,15-17,19-21H2,1-8H3,(H,46,58)(H,47,54)(H,48,53)(H,49,55)/t25-,26+,27+,28+,29+,30+,39-/m1/s1. The van der Waals surface area contributed by atoms with E-state index >= 15 is 0 Å². The van der Waals surface area contributed by atoms with Gasteiger partial charge in [-0.2, -0.15) is 13.2 Å². The Balaban J connectivity index is 1.96. The molecule has 5 N–H and O–H groups in total. The number of halogens is 5. The molecule has 0 radical (unpaired) electrons. The molecule has 1 aromatic rings. The summed E-state index contributed by atoms with van der Waals surface area (Å²) in [6, 6.07) is -0.112. The molecule has 2 saturated heterocycles. The molecule has 3 rings (SSSR count). The molecule has 2 fully saturated rings. The fraction of sp³-hybridized carbons (Fsp3) is 0.675. The van der Waals surface area contributed by atoms with Crippen LogP contribution >= 0.6 is 11.6 Å². The molecule has 0 spiro atoms. The Morgan fingerprint density at radius 2 is 1.75 bits per heavy atom. The predicted octanol–water partition coefficient (Wildman–Crippen LogP) is 2.41. The van der Waals surface area contributed by atoms with Gasteiger partial charge in [0, 0.05) is 38.5 Å². The number of hydrogen-bond acceptors (Lipinski definition) is 8. The largest absolute Gasteiger partial charge is 0.426 e. The van der Waals surface area contributed by atoms with E-state index in [1.165, 1.54) is 39.8 Å². The van der Waals surface area contributed by atoms with Crippen LogP contribution in [0.25, 0.3) is 0 Å². The van der Waals surface area contributed by atoms with Crippen molar-refractivity contribution in [3.8, 4) is 0 Å². The third-order valence-electron chi connectivity index (χ3n) is 10.9. The third-order valence-corrected chi connectivity index (χ3v) is 11.1. The molecular weight excluding hydrogens is 818 g/mol. The van der Waals surface area contributed by atoms with Crippen molar-refractivity contribution in [2.45, 2.75) is 140 Å². The topological polar surface area (TPSA) is 198 Å². The highest BCUT2D eigenvalue weighted by Crippen LogP contribution is 2.34. The summed E-state index contributed by atoms with van der Waals surface area (Å²) in [6.07, 6.45) is -7.38. The summed E-state index contributed by atoms with van der Waals surface area (Å²) in [6.45, 7) is 7.63. The van der Waals surface area contributed by atoms with Gasteiger partial charge in [0.1, 0.15) is 41.9 Å². The van der Waals surface area contributed by atoms with Crippen LogP contribution in [0.1, 0.15) is 85.6 Å². The molecule has 0 aliphatic carbocycles. The van der Waals surface area contributed by atoms with E-state index in [0.29, 0.717) is 21.9 Å². The minimum atomic E-state index is -5.43. The smallest absolute Gasteiger partial charge is 0.373 e. The van der Waals surface area contributed by atoms with Crippen LogP contribution in [-0.4, -0.2) is 142 Å². The van der Waals surface area contributed by atoms with Gasteiger partial charge < -0.3 is 41.1 Å². The molecule has 0 saturated carbocycles. The zero-order valence-electron chi connectivity index (χ0n) is 35.3. The first-order chi connectivity index (χ1) is 27.7. The third kappa shape index (κ3) is 12.3. The maximum Gasteiger partial charge on any atom is 0.426 e. The second kappa shape index (κ2) is 20.4. The van der Waals surface area contributed by atoms with Gasteiger partial charge in [-0.3, -0.25) is 33.6 Å².